The van der Waals surface area contributed by atoms with Gasteiger partial charge in [0.05, 0.1) is 6.61 Å². The van der Waals surface area contributed by atoms with Crippen LogP contribution in [0.1, 0.15) is 6.42 Å². The Kier molecular flexibility index (Phi) is 5.17. The number of fused-ring (bicyclic) bond motifs is 1. The van der Waals surface area contributed by atoms with E-state index in [1.807, 2.05) is 23.7 Å². The van der Waals surface area contributed by atoms with Gasteiger partial charge in [0.15, 0.2) is 5.13 Å². The van der Waals surface area contributed by atoms with E-state index in [1.54, 1.807) is 23.5 Å². The third kappa shape index (κ3) is 4.05. The van der Waals surface area contributed by atoms with Crippen LogP contribution in [-0.2, 0) is 0 Å². The van der Waals surface area contributed by atoms with Gasteiger partial charge in [-0.05, 0) is 24.6 Å². The molecule has 6 nitrogen and oxygen atoms in total. The Labute approximate surface area is 155 Å². The van der Waals surface area contributed by atoms with Gasteiger partial charge in [-0.25, -0.2) is 9.78 Å². The van der Waals surface area contributed by atoms with E-state index in [4.69, 9.17) is 9.15 Å². The molecule has 2 aromatic heterocycles. The quantitative estimate of drug-likeness (QED) is 0.491. The van der Waals surface area contributed by atoms with Crippen LogP contribution in [0, 0.1) is 0 Å². The predicted octanol–water partition coefficient (Wildman–Crippen LogP) is 2.84. The Morgan fingerprint density at radius 2 is 2.00 bits per heavy atom. The van der Waals surface area contributed by atoms with E-state index < -0.39 is 0 Å². The lowest BCUT2D eigenvalue weighted by atomic mass is 10.2. The summed E-state index contributed by atoms with van der Waals surface area (Å²) >= 11 is 1.70. The maximum atomic E-state index is 11.3. The van der Waals surface area contributed by atoms with E-state index in [2.05, 4.69) is 14.8 Å². The zero-order chi connectivity index (χ0) is 17.8. The summed E-state index contributed by atoms with van der Waals surface area (Å²) < 4.78 is 11.0. The molecule has 0 aliphatic carbocycles. The Balaban J connectivity index is 1.21. The summed E-state index contributed by atoms with van der Waals surface area (Å²) in [6.45, 7) is 5.83. The molecule has 0 unspecified atom stereocenters. The number of rotatable bonds is 6. The average molecular weight is 371 g/mol. The van der Waals surface area contributed by atoms with Crippen LogP contribution in [0.4, 0.5) is 5.13 Å². The smallest absolute Gasteiger partial charge is 0.336 e. The first-order valence-corrected chi connectivity index (χ1v) is 9.69. The number of anilines is 1. The molecule has 3 aromatic rings. The van der Waals surface area contributed by atoms with Crippen LogP contribution in [0.3, 0.4) is 0 Å². The highest BCUT2D eigenvalue weighted by Crippen LogP contribution is 2.20. The summed E-state index contributed by atoms with van der Waals surface area (Å²) in [7, 11) is 0. The molecule has 1 aromatic carbocycles. The van der Waals surface area contributed by atoms with Crippen molar-refractivity contribution in [1.82, 2.24) is 9.88 Å². The van der Waals surface area contributed by atoms with Crippen molar-refractivity contribution in [2.24, 2.45) is 0 Å². The van der Waals surface area contributed by atoms with Crippen LogP contribution in [0.2, 0.25) is 0 Å². The van der Waals surface area contributed by atoms with Gasteiger partial charge in [0.2, 0.25) is 0 Å². The van der Waals surface area contributed by atoms with Gasteiger partial charge in [0.1, 0.15) is 11.3 Å². The second-order valence-corrected chi connectivity index (χ2v) is 7.17. The molecule has 0 bridgehead atoms. The minimum atomic E-state index is -0.341. The molecule has 4 rings (SSSR count). The zero-order valence-electron chi connectivity index (χ0n) is 14.5. The van der Waals surface area contributed by atoms with Gasteiger partial charge in [0, 0.05) is 61.8 Å². The molecule has 0 amide bonds. The van der Waals surface area contributed by atoms with Crippen molar-refractivity contribution in [3.63, 3.8) is 0 Å². The summed E-state index contributed by atoms with van der Waals surface area (Å²) in [4.78, 5) is 20.5. The number of nitrogens with zero attached hydrogens (tertiary/aromatic N) is 3. The molecule has 1 aliphatic heterocycles. The summed E-state index contributed by atoms with van der Waals surface area (Å²) in [6, 6.07) is 8.79. The molecule has 3 heterocycles. The maximum Gasteiger partial charge on any atom is 0.336 e. The Bertz CT molecular complexity index is 902. The van der Waals surface area contributed by atoms with E-state index in [0.29, 0.717) is 12.2 Å². The molecule has 26 heavy (non-hydrogen) atoms. The van der Waals surface area contributed by atoms with Crippen molar-refractivity contribution in [1.29, 1.82) is 0 Å². The molecule has 0 N–H and O–H groups in total. The van der Waals surface area contributed by atoms with Gasteiger partial charge in [-0.3, -0.25) is 4.90 Å². The molecular weight excluding hydrogens is 350 g/mol. The van der Waals surface area contributed by atoms with Crippen LogP contribution in [-0.4, -0.2) is 49.2 Å². The van der Waals surface area contributed by atoms with E-state index in [0.717, 1.165) is 55.4 Å². The lowest BCUT2D eigenvalue weighted by Crippen LogP contribution is -2.46. The highest BCUT2D eigenvalue weighted by atomic mass is 32.1. The number of thiazole rings is 1. The van der Waals surface area contributed by atoms with Gasteiger partial charge >= 0.3 is 5.63 Å². The maximum absolute atomic E-state index is 11.3. The SMILES string of the molecule is O=c1ccc2ccc(OCCCN3CCN(c4nccs4)CC3)cc2o1. The first-order chi connectivity index (χ1) is 12.8. The van der Waals surface area contributed by atoms with Crippen molar-refractivity contribution in [2.45, 2.75) is 6.42 Å². The largest absolute Gasteiger partial charge is 0.493 e. The Morgan fingerprint density at radius 3 is 2.81 bits per heavy atom. The van der Waals surface area contributed by atoms with Crippen LogP contribution >= 0.6 is 11.3 Å². The monoisotopic (exact) mass is 371 g/mol. The average Bonchev–Trinajstić information content (AvgIpc) is 3.20. The van der Waals surface area contributed by atoms with Gasteiger partial charge in [-0.2, -0.15) is 0 Å². The molecule has 136 valence electrons. The zero-order valence-corrected chi connectivity index (χ0v) is 15.3. The lowest BCUT2D eigenvalue weighted by Gasteiger charge is -2.34. The molecule has 0 atom stereocenters. The van der Waals surface area contributed by atoms with Crippen LogP contribution in [0.5, 0.6) is 5.75 Å². The minimum Gasteiger partial charge on any atom is -0.493 e. The molecule has 0 saturated carbocycles. The Morgan fingerprint density at radius 1 is 1.15 bits per heavy atom. The second-order valence-electron chi connectivity index (χ2n) is 6.30. The van der Waals surface area contributed by atoms with Crippen molar-refractivity contribution >= 4 is 27.4 Å². The fourth-order valence-electron chi connectivity index (χ4n) is 3.14. The number of ether oxygens (including phenoxy) is 1. The third-order valence-electron chi connectivity index (χ3n) is 4.54. The molecule has 0 radical (unpaired) electrons. The van der Waals surface area contributed by atoms with Gasteiger partial charge in [0.25, 0.3) is 0 Å². The molecule has 1 fully saturated rings. The number of hydrogen-bond donors (Lipinski definition) is 0. The summed E-state index contributed by atoms with van der Waals surface area (Å²) in [6.07, 6.45) is 2.83. The van der Waals surface area contributed by atoms with E-state index in [1.165, 1.54) is 6.07 Å². The second kappa shape index (κ2) is 7.88. The van der Waals surface area contributed by atoms with Gasteiger partial charge < -0.3 is 14.1 Å². The molecule has 1 saturated heterocycles. The first-order valence-electron chi connectivity index (χ1n) is 8.81. The van der Waals surface area contributed by atoms with Crippen LogP contribution < -0.4 is 15.3 Å². The predicted molar refractivity (Wildman–Crippen MR) is 103 cm³/mol. The summed E-state index contributed by atoms with van der Waals surface area (Å²) in [5, 5.41) is 4.04. The minimum absolute atomic E-state index is 0.341. The van der Waals surface area contributed by atoms with E-state index in [-0.39, 0.29) is 5.63 Å². The van der Waals surface area contributed by atoms with Crippen LogP contribution in [0.25, 0.3) is 11.0 Å². The highest BCUT2D eigenvalue weighted by molar-refractivity contribution is 7.13. The first kappa shape index (κ1) is 17.1. The number of piperazine rings is 1. The van der Waals surface area contributed by atoms with Crippen molar-refractivity contribution < 1.29 is 9.15 Å². The van der Waals surface area contributed by atoms with Crippen LogP contribution in [0.15, 0.2) is 51.1 Å². The number of hydrogen-bond acceptors (Lipinski definition) is 7. The normalized spacial score (nSPS) is 15.5. The molecule has 7 heteroatoms. The standard InChI is InChI=1S/C19H21N3O3S/c23-18-5-3-15-2-4-16(14-17(15)25-18)24-12-1-7-21-8-10-22(11-9-21)19-20-6-13-26-19/h2-6,13-14H,1,7-12H2. The molecular formula is C19H21N3O3S. The number of aromatic nitrogens is 1. The summed E-state index contributed by atoms with van der Waals surface area (Å²) in [5.41, 5.74) is 0.222. The van der Waals surface area contributed by atoms with Crippen molar-refractivity contribution in [3.05, 3.63) is 52.3 Å². The lowest BCUT2D eigenvalue weighted by molar-refractivity contribution is 0.224. The van der Waals surface area contributed by atoms with E-state index >= 15 is 0 Å². The van der Waals surface area contributed by atoms with Crippen molar-refractivity contribution in [2.75, 3.05) is 44.2 Å². The van der Waals surface area contributed by atoms with Gasteiger partial charge in [-0.15, -0.1) is 11.3 Å². The fourth-order valence-corrected chi connectivity index (χ4v) is 3.84. The van der Waals surface area contributed by atoms with E-state index in [9.17, 15) is 4.79 Å². The highest BCUT2D eigenvalue weighted by Gasteiger charge is 2.18. The Hall–Kier alpha value is -2.38. The van der Waals surface area contributed by atoms with Gasteiger partial charge in [-0.1, -0.05) is 0 Å². The molecule has 0 spiro atoms. The molecule has 1 aliphatic rings. The summed E-state index contributed by atoms with van der Waals surface area (Å²) in [5.74, 6) is 0.737. The van der Waals surface area contributed by atoms with Crippen molar-refractivity contribution in [3.8, 4) is 5.75 Å². The number of benzene rings is 1. The third-order valence-corrected chi connectivity index (χ3v) is 5.38. The fraction of sp³-hybridized carbons (Fsp3) is 0.368. The topological polar surface area (TPSA) is 58.8 Å².